The van der Waals surface area contributed by atoms with Crippen LogP contribution in [-0.4, -0.2) is 33.6 Å². The normalized spacial score (nSPS) is 23.1. The molecule has 5 heteroatoms. The first kappa shape index (κ1) is 13.5. The van der Waals surface area contributed by atoms with E-state index in [-0.39, 0.29) is 0 Å². The Morgan fingerprint density at radius 2 is 2.33 bits per heavy atom. The van der Waals surface area contributed by atoms with E-state index >= 15 is 0 Å². The maximum Gasteiger partial charge on any atom is 0.221 e. The van der Waals surface area contributed by atoms with Crippen molar-refractivity contribution in [3.05, 3.63) is 11.9 Å². The number of nitrogens with zero attached hydrogens (tertiary/aromatic N) is 2. The van der Waals surface area contributed by atoms with Crippen molar-refractivity contribution in [1.29, 1.82) is 0 Å². The van der Waals surface area contributed by atoms with Gasteiger partial charge in [0.05, 0.1) is 12.2 Å². The fourth-order valence-electron chi connectivity index (χ4n) is 2.14. The first-order valence-corrected chi connectivity index (χ1v) is 7.45. The van der Waals surface area contributed by atoms with Crippen LogP contribution in [0.25, 0.3) is 0 Å². The Labute approximate surface area is 113 Å². The van der Waals surface area contributed by atoms with Crippen molar-refractivity contribution in [2.75, 3.05) is 24.2 Å². The highest BCUT2D eigenvalue weighted by molar-refractivity contribution is 8.00. The molecular formula is C13H21N3OS. The molecule has 1 aromatic heterocycles. The molecule has 0 aliphatic carbocycles. The Hall–Kier alpha value is -0.970. The molecule has 1 N–H and O–H groups in total. The molecule has 1 unspecified atom stereocenters. The van der Waals surface area contributed by atoms with Crippen LogP contribution in [-0.2, 0) is 0 Å². The van der Waals surface area contributed by atoms with Gasteiger partial charge in [0.25, 0.3) is 0 Å². The molecule has 1 aliphatic rings. The number of hydrogen-bond donors (Lipinski definition) is 1. The number of anilines is 1. The number of ether oxygens (including phenoxy) is 1. The molecule has 0 amide bonds. The number of thioether (sulfide) groups is 1. The minimum absolute atomic E-state index is 0.336. The summed E-state index contributed by atoms with van der Waals surface area (Å²) in [6, 6.07) is 0. The SMILES string of the molecule is CCOc1ncnc(NCC2(C)CCCS2)c1C. The van der Waals surface area contributed by atoms with Gasteiger partial charge in [-0.1, -0.05) is 0 Å². The van der Waals surface area contributed by atoms with E-state index in [0.29, 0.717) is 17.2 Å². The maximum absolute atomic E-state index is 5.48. The zero-order valence-electron chi connectivity index (χ0n) is 11.3. The molecule has 0 radical (unpaired) electrons. The van der Waals surface area contributed by atoms with Crippen LogP contribution < -0.4 is 10.1 Å². The van der Waals surface area contributed by atoms with Gasteiger partial charge in [0, 0.05) is 11.3 Å². The summed E-state index contributed by atoms with van der Waals surface area (Å²) in [5.74, 6) is 2.84. The first-order valence-electron chi connectivity index (χ1n) is 6.47. The monoisotopic (exact) mass is 267 g/mol. The lowest BCUT2D eigenvalue weighted by atomic mass is 10.1. The zero-order valence-corrected chi connectivity index (χ0v) is 12.1. The summed E-state index contributed by atoms with van der Waals surface area (Å²) < 4.78 is 5.81. The van der Waals surface area contributed by atoms with E-state index in [1.165, 1.54) is 18.6 Å². The van der Waals surface area contributed by atoms with Crippen molar-refractivity contribution >= 4 is 17.6 Å². The molecule has 0 saturated carbocycles. The summed E-state index contributed by atoms with van der Waals surface area (Å²) in [7, 11) is 0. The van der Waals surface area contributed by atoms with E-state index in [9.17, 15) is 0 Å². The van der Waals surface area contributed by atoms with Crippen molar-refractivity contribution in [3.8, 4) is 5.88 Å². The lowest BCUT2D eigenvalue weighted by Gasteiger charge is -2.23. The van der Waals surface area contributed by atoms with Crippen LogP contribution >= 0.6 is 11.8 Å². The summed E-state index contributed by atoms with van der Waals surface area (Å²) >= 11 is 2.05. The minimum Gasteiger partial charge on any atom is -0.478 e. The van der Waals surface area contributed by atoms with Gasteiger partial charge >= 0.3 is 0 Å². The molecule has 18 heavy (non-hydrogen) atoms. The van der Waals surface area contributed by atoms with Crippen LogP contribution in [0.5, 0.6) is 5.88 Å². The quantitative estimate of drug-likeness (QED) is 0.889. The molecule has 1 aliphatic heterocycles. The molecule has 4 nitrogen and oxygen atoms in total. The largest absolute Gasteiger partial charge is 0.478 e. The summed E-state index contributed by atoms with van der Waals surface area (Å²) in [6.07, 6.45) is 4.15. The van der Waals surface area contributed by atoms with E-state index < -0.39 is 0 Å². The van der Waals surface area contributed by atoms with Crippen LogP contribution in [0.15, 0.2) is 6.33 Å². The van der Waals surface area contributed by atoms with Gasteiger partial charge in [0.2, 0.25) is 5.88 Å². The number of nitrogens with one attached hydrogen (secondary N) is 1. The standard InChI is InChI=1S/C13H21N3OS/c1-4-17-12-10(2)11(15-9-16-12)14-8-13(3)6-5-7-18-13/h9H,4-8H2,1-3H3,(H,14,15,16). The minimum atomic E-state index is 0.336. The van der Waals surface area contributed by atoms with Crippen molar-refractivity contribution < 1.29 is 4.74 Å². The highest BCUT2D eigenvalue weighted by Gasteiger charge is 2.29. The second kappa shape index (κ2) is 5.78. The molecule has 1 atom stereocenters. The average Bonchev–Trinajstić information content (AvgIpc) is 2.78. The molecule has 2 heterocycles. The summed E-state index contributed by atoms with van der Waals surface area (Å²) in [5.41, 5.74) is 0.992. The third kappa shape index (κ3) is 3.07. The predicted octanol–water partition coefficient (Wildman–Crippen LogP) is 2.88. The fraction of sp³-hybridized carbons (Fsp3) is 0.692. The van der Waals surface area contributed by atoms with Gasteiger partial charge in [0.1, 0.15) is 12.1 Å². The van der Waals surface area contributed by atoms with Crippen LogP contribution in [0.3, 0.4) is 0 Å². The smallest absolute Gasteiger partial charge is 0.221 e. The number of hydrogen-bond acceptors (Lipinski definition) is 5. The van der Waals surface area contributed by atoms with Gasteiger partial charge in [-0.25, -0.2) is 9.97 Å². The predicted molar refractivity (Wildman–Crippen MR) is 76.5 cm³/mol. The van der Waals surface area contributed by atoms with E-state index in [2.05, 4.69) is 22.2 Å². The molecule has 100 valence electrons. The number of aromatic nitrogens is 2. The Balaban J connectivity index is 2.02. The summed E-state index contributed by atoms with van der Waals surface area (Å²) in [5, 5.41) is 3.44. The zero-order chi connectivity index (χ0) is 13.0. The third-order valence-electron chi connectivity index (χ3n) is 3.25. The van der Waals surface area contributed by atoms with Gasteiger partial charge in [-0.05, 0) is 39.4 Å². The second-order valence-electron chi connectivity index (χ2n) is 4.84. The van der Waals surface area contributed by atoms with Crippen LogP contribution in [0.4, 0.5) is 5.82 Å². The molecule has 1 aromatic rings. The fourth-order valence-corrected chi connectivity index (χ4v) is 3.39. The summed E-state index contributed by atoms with van der Waals surface area (Å²) in [4.78, 5) is 8.45. The van der Waals surface area contributed by atoms with E-state index in [1.54, 1.807) is 6.33 Å². The Kier molecular flexibility index (Phi) is 4.32. The maximum atomic E-state index is 5.48. The van der Waals surface area contributed by atoms with Gasteiger partial charge < -0.3 is 10.1 Å². The van der Waals surface area contributed by atoms with Crippen molar-refractivity contribution in [3.63, 3.8) is 0 Å². The van der Waals surface area contributed by atoms with Crippen molar-refractivity contribution in [2.45, 2.75) is 38.4 Å². The molecule has 0 bridgehead atoms. The van der Waals surface area contributed by atoms with E-state index in [1.807, 2.05) is 25.6 Å². The third-order valence-corrected chi connectivity index (χ3v) is 4.79. The van der Waals surface area contributed by atoms with Crippen molar-refractivity contribution in [2.24, 2.45) is 0 Å². The second-order valence-corrected chi connectivity index (χ2v) is 6.52. The molecule has 1 saturated heterocycles. The highest BCUT2D eigenvalue weighted by Crippen LogP contribution is 2.37. The lowest BCUT2D eigenvalue weighted by Crippen LogP contribution is -2.27. The van der Waals surface area contributed by atoms with Crippen LogP contribution in [0, 0.1) is 6.92 Å². The molecule has 1 fully saturated rings. The Morgan fingerprint density at radius 1 is 1.50 bits per heavy atom. The highest BCUT2D eigenvalue weighted by atomic mass is 32.2. The molecule has 0 aromatic carbocycles. The summed E-state index contributed by atoms with van der Waals surface area (Å²) in [6.45, 7) is 7.85. The van der Waals surface area contributed by atoms with Gasteiger partial charge in [-0.15, -0.1) is 0 Å². The Bertz CT molecular complexity index is 405. The molecular weight excluding hydrogens is 246 g/mol. The van der Waals surface area contributed by atoms with Crippen molar-refractivity contribution in [1.82, 2.24) is 9.97 Å². The topological polar surface area (TPSA) is 47.0 Å². The van der Waals surface area contributed by atoms with Gasteiger partial charge in [0.15, 0.2) is 0 Å². The van der Waals surface area contributed by atoms with Gasteiger partial charge in [-0.2, -0.15) is 11.8 Å². The van der Waals surface area contributed by atoms with Gasteiger partial charge in [-0.3, -0.25) is 0 Å². The molecule has 0 spiro atoms. The first-order chi connectivity index (χ1) is 8.64. The molecule has 2 rings (SSSR count). The number of rotatable bonds is 5. The van der Waals surface area contributed by atoms with E-state index in [0.717, 1.165) is 17.9 Å². The Morgan fingerprint density at radius 3 is 3.00 bits per heavy atom. The average molecular weight is 267 g/mol. The van der Waals surface area contributed by atoms with Crippen LogP contribution in [0.1, 0.15) is 32.3 Å². The van der Waals surface area contributed by atoms with Crippen LogP contribution in [0.2, 0.25) is 0 Å². The lowest BCUT2D eigenvalue weighted by molar-refractivity contribution is 0.324. The van der Waals surface area contributed by atoms with E-state index in [4.69, 9.17) is 4.74 Å².